The van der Waals surface area contributed by atoms with Crippen LogP contribution in [0.5, 0.6) is 0 Å². The number of anilines is 1. The summed E-state index contributed by atoms with van der Waals surface area (Å²) in [5.41, 5.74) is 2.33. The predicted octanol–water partition coefficient (Wildman–Crippen LogP) is 4.01. The molecule has 0 fully saturated rings. The minimum Gasteiger partial charge on any atom is -0.328 e. The quantitative estimate of drug-likeness (QED) is 0.794. The Labute approximate surface area is 127 Å². The summed E-state index contributed by atoms with van der Waals surface area (Å²) in [5.74, 6) is -0.813. The molecule has 1 aromatic heterocycles. The zero-order valence-corrected chi connectivity index (χ0v) is 12.4. The SMILES string of the molecule is CC(C)n1cnc2cc(C(=O)Nc3ccccc3F)ccc21. The lowest BCUT2D eigenvalue weighted by Gasteiger charge is -2.09. The molecule has 4 nitrogen and oxygen atoms in total. The van der Waals surface area contributed by atoms with Crippen LogP contribution in [0, 0.1) is 5.82 Å². The molecular weight excluding hydrogens is 281 g/mol. The van der Waals surface area contributed by atoms with Gasteiger partial charge in [0.05, 0.1) is 23.0 Å². The van der Waals surface area contributed by atoms with E-state index in [0.29, 0.717) is 11.6 Å². The molecular formula is C17H16FN3O. The van der Waals surface area contributed by atoms with E-state index in [2.05, 4.69) is 24.1 Å². The van der Waals surface area contributed by atoms with Crippen molar-refractivity contribution in [2.24, 2.45) is 0 Å². The smallest absolute Gasteiger partial charge is 0.255 e. The second-order valence-corrected chi connectivity index (χ2v) is 5.38. The summed E-state index contributed by atoms with van der Waals surface area (Å²) in [6.45, 7) is 4.14. The minimum atomic E-state index is -0.457. The van der Waals surface area contributed by atoms with Gasteiger partial charge in [0.2, 0.25) is 0 Å². The monoisotopic (exact) mass is 297 g/mol. The van der Waals surface area contributed by atoms with Crippen LogP contribution in [0.3, 0.4) is 0 Å². The number of hydrogen-bond donors (Lipinski definition) is 1. The molecule has 1 amide bonds. The molecule has 0 bridgehead atoms. The zero-order valence-electron chi connectivity index (χ0n) is 12.4. The Bertz CT molecular complexity index is 839. The maximum atomic E-state index is 13.6. The number of halogens is 1. The van der Waals surface area contributed by atoms with Gasteiger partial charge in [0.15, 0.2) is 0 Å². The lowest BCUT2D eigenvalue weighted by atomic mass is 10.1. The maximum absolute atomic E-state index is 13.6. The fourth-order valence-corrected chi connectivity index (χ4v) is 2.34. The van der Waals surface area contributed by atoms with Gasteiger partial charge in [-0.1, -0.05) is 12.1 Å². The van der Waals surface area contributed by atoms with E-state index in [1.165, 1.54) is 12.1 Å². The van der Waals surface area contributed by atoms with E-state index in [4.69, 9.17) is 0 Å². The normalized spacial score (nSPS) is 11.1. The minimum absolute atomic E-state index is 0.167. The van der Waals surface area contributed by atoms with Crippen molar-refractivity contribution in [3.05, 3.63) is 60.2 Å². The molecule has 0 saturated carbocycles. The van der Waals surface area contributed by atoms with Crippen molar-refractivity contribution in [3.63, 3.8) is 0 Å². The summed E-state index contributed by atoms with van der Waals surface area (Å²) < 4.78 is 15.6. The van der Waals surface area contributed by atoms with Gasteiger partial charge >= 0.3 is 0 Å². The third-order valence-electron chi connectivity index (χ3n) is 3.52. The number of aromatic nitrogens is 2. The number of benzene rings is 2. The van der Waals surface area contributed by atoms with Gasteiger partial charge in [0.25, 0.3) is 5.91 Å². The number of fused-ring (bicyclic) bond motifs is 1. The molecule has 0 spiro atoms. The summed E-state index contributed by atoms with van der Waals surface area (Å²) in [7, 11) is 0. The first-order valence-electron chi connectivity index (χ1n) is 7.09. The standard InChI is InChI=1S/C17H16FN3O/c1-11(2)21-10-19-15-9-12(7-8-16(15)21)17(22)20-14-6-4-3-5-13(14)18/h3-11H,1-2H3,(H,20,22). The van der Waals surface area contributed by atoms with Gasteiger partial charge in [-0.3, -0.25) is 4.79 Å². The van der Waals surface area contributed by atoms with E-state index in [0.717, 1.165) is 11.0 Å². The molecule has 3 aromatic rings. The molecule has 0 unspecified atom stereocenters. The third kappa shape index (κ3) is 2.57. The van der Waals surface area contributed by atoms with Gasteiger partial charge in [0, 0.05) is 11.6 Å². The number of rotatable bonds is 3. The van der Waals surface area contributed by atoms with Crippen molar-refractivity contribution in [2.75, 3.05) is 5.32 Å². The second kappa shape index (κ2) is 5.60. The molecule has 112 valence electrons. The fourth-order valence-electron chi connectivity index (χ4n) is 2.34. The Kier molecular flexibility index (Phi) is 3.63. The van der Waals surface area contributed by atoms with Crippen LogP contribution in [0.4, 0.5) is 10.1 Å². The molecule has 0 aliphatic rings. The predicted molar refractivity (Wildman–Crippen MR) is 84.5 cm³/mol. The lowest BCUT2D eigenvalue weighted by molar-refractivity contribution is 0.102. The number of carbonyl (C=O) groups excluding carboxylic acids is 1. The number of para-hydroxylation sites is 1. The van der Waals surface area contributed by atoms with E-state index in [1.807, 2.05) is 10.6 Å². The van der Waals surface area contributed by atoms with E-state index >= 15 is 0 Å². The van der Waals surface area contributed by atoms with Gasteiger partial charge in [-0.05, 0) is 44.2 Å². The van der Waals surface area contributed by atoms with E-state index in [-0.39, 0.29) is 11.6 Å². The van der Waals surface area contributed by atoms with Crippen LogP contribution in [0.1, 0.15) is 30.2 Å². The van der Waals surface area contributed by atoms with Crippen LogP contribution in [-0.2, 0) is 0 Å². The average molecular weight is 297 g/mol. The van der Waals surface area contributed by atoms with Crippen molar-refractivity contribution in [1.82, 2.24) is 9.55 Å². The van der Waals surface area contributed by atoms with E-state index in [9.17, 15) is 9.18 Å². The first-order valence-corrected chi connectivity index (χ1v) is 7.09. The Morgan fingerprint density at radius 2 is 2.00 bits per heavy atom. The largest absolute Gasteiger partial charge is 0.328 e. The summed E-state index contributed by atoms with van der Waals surface area (Å²) in [5, 5.41) is 2.57. The molecule has 0 atom stereocenters. The molecule has 0 aliphatic carbocycles. The highest BCUT2D eigenvalue weighted by Crippen LogP contribution is 2.20. The van der Waals surface area contributed by atoms with Crippen LogP contribution in [0.25, 0.3) is 11.0 Å². The molecule has 3 rings (SSSR count). The number of amides is 1. The maximum Gasteiger partial charge on any atom is 0.255 e. The Balaban J connectivity index is 1.90. The fraction of sp³-hybridized carbons (Fsp3) is 0.176. The van der Waals surface area contributed by atoms with E-state index < -0.39 is 5.82 Å². The molecule has 0 radical (unpaired) electrons. The lowest BCUT2D eigenvalue weighted by Crippen LogP contribution is -2.12. The molecule has 22 heavy (non-hydrogen) atoms. The van der Waals surface area contributed by atoms with Crippen molar-refractivity contribution < 1.29 is 9.18 Å². The summed E-state index contributed by atoms with van der Waals surface area (Å²) in [6, 6.07) is 11.7. The number of nitrogens with zero attached hydrogens (tertiary/aromatic N) is 2. The van der Waals surface area contributed by atoms with Gasteiger partial charge < -0.3 is 9.88 Å². The summed E-state index contributed by atoms with van der Waals surface area (Å²) >= 11 is 0. The van der Waals surface area contributed by atoms with Gasteiger partial charge in [-0.25, -0.2) is 9.37 Å². The molecule has 0 saturated heterocycles. The van der Waals surface area contributed by atoms with Crippen LogP contribution in [0.15, 0.2) is 48.8 Å². The Morgan fingerprint density at radius 1 is 1.23 bits per heavy atom. The highest BCUT2D eigenvalue weighted by molar-refractivity contribution is 6.06. The van der Waals surface area contributed by atoms with Gasteiger partial charge in [-0.15, -0.1) is 0 Å². The second-order valence-electron chi connectivity index (χ2n) is 5.38. The average Bonchev–Trinajstić information content (AvgIpc) is 2.92. The molecule has 1 N–H and O–H groups in total. The van der Waals surface area contributed by atoms with Gasteiger partial charge in [-0.2, -0.15) is 0 Å². The van der Waals surface area contributed by atoms with Gasteiger partial charge in [0.1, 0.15) is 5.82 Å². The number of hydrogen-bond acceptors (Lipinski definition) is 2. The highest BCUT2D eigenvalue weighted by Gasteiger charge is 2.12. The molecule has 5 heteroatoms. The van der Waals surface area contributed by atoms with Crippen molar-refractivity contribution in [3.8, 4) is 0 Å². The van der Waals surface area contributed by atoms with Crippen LogP contribution < -0.4 is 5.32 Å². The van der Waals surface area contributed by atoms with Crippen molar-refractivity contribution >= 4 is 22.6 Å². The Hall–Kier alpha value is -2.69. The summed E-state index contributed by atoms with van der Waals surface area (Å²) in [4.78, 5) is 16.6. The number of carbonyl (C=O) groups is 1. The van der Waals surface area contributed by atoms with E-state index in [1.54, 1.807) is 30.6 Å². The van der Waals surface area contributed by atoms with Crippen LogP contribution in [-0.4, -0.2) is 15.5 Å². The third-order valence-corrected chi connectivity index (χ3v) is 3.52. The molecule has 2 aromatic carbocycles. The molecule has 0 aliphatic heterocycles. The topological polar surface area (TPSA) is 46.9 Å². The van der Waals surface area contributed by atoms with Crippen molar-refractivity contribution in [2.45, 2.75) is 19.9 Å². The highest BCUT2D eigenvalue weighted by atomic mass is 19.1. The Morgan fingerprint density at radius 3 is 2.73 bits per heavy atom. The first kappa shape index (κ1) is 14.3. The first-order chi connectivity index (χ1) is 10.6. The molecule has 1 heterocycles. The zero-order chi connectivity index (χ0) is 15.7. The van der Waals surface area contributed by atoms with Crippen LogP contribution >= 0.6 is 0 Å². The van der Waals surface area contributed by atoms with Crippen molar-refractivity contribution in [1.29, 1.82) is 0 Å². The summed E-state index contributed by atoms with van der Waals surface area (Å²) in [6.07, 6.45) is 1.76. The number of nitrogens with one attached hydrogen (secondary N) is 1. The van der Waals surface area contributed by atoms with Crippen LogP contribution in [0.2, 0.25) is 0 Å². The number of imidazole rings is 1.